The van der Waals surface area contributed by atoms with Crippen molar-refractivity contribution in [3.8, 4) is 17.0 Å². The van der Waals surface area contributed by atoms with Crippen LogP contribution in [0, 0.1) is 17.5 Å². The molecule has 0 saturated carbocycles. The highest BCUT2D eigenvalue weighted by molar-refractivity contribution is 5.74. The minimum absolute atomic E-state index is 0.00213. The average Bonchev–Trinajstić information content (AvgIpc) is 3.29. The quantitative estimate of drug-likeness (QED) is 0.527. The second-order valence-electron chi connectivity index (χ2n) is 8.86. The molecule has 2 aromatic heterocycles. The van der Waals surface area contributed by atoms with Crippen LogP contribution in [-0.2, 0) is 24.8 Å². The zero-order chi connectivity index (χ0) is 24.7. The Bertz CT molecular complexity index is 1270. The molecule has 8 nitrogen and oxygen atoms in total. The number of nitrogens with zero attached hydrogens (tertiary/aromatic N) is 6. The highest BCUT2D eigenvalue weighted by atomic mass is 19.2. The third kappa shape index (κ3) is 4.54. The van der Waals surface area contributed by atoms with Crippen LogP contribution in [0.15, 0.2) is 24.5 Å². The van der Waals surface area contributed by atoms with E-state index in [9.17, 15) is 18.0 Å². The lowest BCUT2D eigenvalue weighted by Gasteiger charge is -2.35. The van der Waals surface area contributed by atoms with Crippen LogP contribution in [0.25, 0.3) is 11.3 Å². The molecule has 0 radical (unpaired) electrons. The van der Waals surface area contributed by atoms with Crippen molar-refractivity contribution in [2.24, 2.45) is 7.05 Å². The van der Waals surface area contributed by atoms with Gasteiger partial charge in [-0.3, -0.25) is 9.48 Å². The van der Waals surface area contributed by atoms with Crippen LogP contribution in [-0.4, -0.2) is 56.3 Å². The van der Waals surface area contributed by atoms with Crippen molar-refractivity contribution in [1.82, 2.24) is 24.6 Å². The molecule has 0 atom stereocenters. The minimum atomic E-state index is -1.31. The summed E-state index contributed by atoms with van der Waals surface area (Å²) < 4.78 is 48.8. The first-order chi connectivity index (χ1) is 16.8. The number of piperidine rings is 1. The predicted octanol–water partition coefficient (Wildman–Crippen LogP) is 3.25. The fourth-order valence-electron chi connectivity index (χ4n) is 4.52. The van der Waals surface area contributed by atoms with E-state index in [4.69, 9.17) is 14.7 Å². The van der Waals surface area contributed by atoms with Gasteiger partial charge in [-0.2, -0.15) is 9.49 Å². The summed E-state index contributed by atoms with van der Waals surface area (Å²) in [5.41, 5.74) is 3.10. The number of amides is 1. The first-order valence-electron chi connectivity index (χ1n) is 11.5. The van der Waals surface area contributed by atoms with Gasteiger partial charge in [0.1, 0.15) is 11.8 Å². The smallest absolute Gasteiger partial charge is 0.219 e. The van der Waals surface area contributed by atoms with Gasteiger partial charge in [0, 0.05) is 64.6 Å². The van der Waals surface area contributed by atoms with Gasteiger partial charge in [0.15, 0.2) is 23.2 Å². The number of aryl methyl sites for hydroxylation is 1. The van der Waals surface area contributed by atoms with Gasteiger partial charge in [0.2, 0.25) is 11.7 Å². The number of carbonyl (C=O) groups excluding carboxylic acids is 1. The number of carbonyl (C=O) groups is 1. The molecule has 3 aromatic rings. The van der Waals surface area contributed by atoms with Gasteiger partial charge >= 0.3 is 0 Å². The number of hydrogen-bond acceptors (Lipinski definition) is 6. The van der Waals surface area contributed by atoms with Crippen LogP contribution in [0.5, 0.6) is 5.75 Å². The average molecular weight is 486 g/mol. The maximum Gasteiger partial charge on any atom is 0.219 e. The third-order valence-electron chi connectivity index (χ3n) is 6.44. The van der Waals surface area contributed by atoms with E-state index in [1.807, 2.05) is 13.2 Å². The molecule has 35 heavy (non-hydrogen) atoms. The molecule has 0 bridgehead atoms. The number of rotatable bonds is 4. The Morgan fingerprint density at radius 2 is 1.80 bits per heavy atom. The molecule has 11 heteroatoms. The molecule has 0 N–H and O–H groups in total. The molecule has 0 spiro atoms. The molecule has 1 amide bonds. The van der Waals surface area contributed by atoms with Crippen molar-refractivity contribution in [3.63, 3.8) is 0 Å². The van der Waals surface area contributed by atoms with Gasteiger partial charge < -0.3 is 14.5 Å². The van der Waals surface area contributed by atoms with E-state index >= 15 is 0 Å². The largest absolute Gasteiger partial charge is 0.484 e. The molecular formula is C24H25F3N6O2. The molecular weight excluding hydrogens is 461 g/mol. The lowest BCUT2D eigenvalue weighted by Crippen LogP contribution is -2.40. The molecule has 4 heterocycles. The van der Waals surface area contributed by atoms with Crippen LogP contribution in [0.3, 0.4) is 0 Å². The normalized spacial score (nSPS) is 16.4. The Balaban J connectivity index is 1.39. The second-order valence-corrected chi connectivity index (χ2v) is 8.86. The van der Waals surface area contributed by atoms with Crippen molar-refractivity contribution in [2.45, 2.75) is 38.8 Å². The third-order valence-corrected chi connectivity index (χ3v) is 6.44. The zero-order valence-electron chi connectivity index (χ0n) is 19.5. The molecule has 0 aliphatic carbocycles. The van der Waals surface area contributed by atoms with E-state index in [2.05, 4.69) is 10.00 Å². The summed E-state index contributed by atoms with van der Waals surface area (Å²) >= 11 is 0. The summed E-state index contributed by atoms with van der Waals surface area (Å²) in [4.78, 5) is 25.5. The van der Waals surface area contributed by atoms with Gasteiger partial charge in [0.25, 0.3) is 0 Å². The predicted molar refractivity (Wildman–Crippen MR) is 121 cm³/mol. The monoisotopic (exact) mass is 486 g/mol. The SMILES string of the molecule is CC(=O)N1CCc2nc(N3CCC(Oc4c(F)ccc(F)c4F)CC3)c(-c3cnn(C)c3)nc2C1. The van der Waals surface area contributed by atoms with Crippen molar-refractivity contribution < 1.29 is 22.7 Å². The number of ether oxygens (including phenoxy) is 1. The Morgan fingerprint density at radius 3 is 2.49 bits per heavy atom. The number of anilines is 1. The Kier molecular flexibility index (Phi) is 6.08. The van der Waals surface area contributed by atoms with Gasteiger partial charge in [-0.05, 0) is 12.1 Å². The highest BCUT2D eigenvalue weighted by Crippen LogP contribution is 2.33. The molecule has 0 unspecified atom stereocenters. The van der Waals surface area contributed by atoms with Crippen molar-refractivity contribution >= 4 is 11.7 Å². The van der Waals surface area contributed by atoms with Crippen LogP contribution in [0.2, 0.25) is 0 Å². The number of hydrogen-bond donors (Lipinski definition) is 0. The van der Waals surface area contributed by atoms with Gasteiger partial charge in [0.05, 0.1) is 24.1 Å². The molecule has 5 rings (SSSR count). The summed E-state index contributed by atoms with van der Waals surface area (Å²) in [6.07, 6.45) is 4.67. The number of halogens is 3. The Hall–Kier alpha value is -3.63. The molecule has 1 fully saturated rings. The fourth-order valence-corrected chi connectivity index (χ4v) is 4.52. The van der Waals surface area contributed by atoms with Crippen molar-refractivity contribution in [2.75, 3.05) is 24.5 Å². The van der Waals surface area contributed by atoms with E-state index in [0.717, 1.165) is 29.1 Å². The zero-order valence-corrected chi connectivity index (χ0v) is 19.5. The lowest BCUT2D eigenvalue weighted by molar-refractivity contribution is -0.129. The fraction of sp³-hybridized carbons (Fsp3) is 0.417. The minimum Gasteiger partial charge on any atom is -0.484 e. The Labute approximate surface area is 200 Å². The van der Waals surface area contributed by atoms with Crippen LogP contribution in [0.1, 0.15) is 31.2 Å². The second kappa shape index (κ2) is 9.20. The maximum atomic E-state index is 14.0. The van der Waals surface area contributed by atoms with E-state index in [1.54, 1.807) is 22.7 Å². The van der Waals surface area contributed by atoms with E-state index in [1.165, 1.54) is 0 Å². The molecule has 184 valence electrons. The van der Waals surface area contributed by atoms with E-state index in [0.29, 0.717) is 57.0 Å². The molecule has 2 aliphatic heterocycles. The van der Waals surface area contributed by atoms with Crippen LogP contribution in [0.4, 0.5) is 19.0 Å². The van der Waals surface area contributed by atoms with Gasteiger partial charge in [-0.1, -0.05) is 0 Å². The first kappa shape index (κ1) is 23.1. The van der Waals surface area contributed by atoms with Crippen LogP contribution >= 0.6 is 0 Å². The standard InChI is InChI=1S/C24H25F3N6O2/c1-14(34)33-10-7-19-20(13-33)29-22(15-11-28-31(2)12-15)24(30-19)32-8-5-16(6-9-32)35-23-18(26)4-3-17(25)21(23)27/h3-4,11-12,16H,5-10,13H2,1-2H3. The van der Waals surface area contributed by atoms with Crippen molar-refractivity contribution in [3.05, 3.63) is 53.4 Å². The molecule has 1 saturated heterocycles. The summed E-state index contributed by atoms with van der Waals surface area (Å²) in [6, 6.07) is 1.60. The summed E-state index contributed by atoms with van der Waals surface area (Å²) in [5, 5.41) is 4.26. The van der Waals surface area contributed by atoms with E-state index in [-0.39, 0.29) is 5.91 Å². The number of fused-ring (bicyclic) bond motifs is 1. The number of aromatic nitrogens is 4. The highest BCUT2D eigenvalue weighted by Gasteiger charge is 2.29. The first-order valence-corrected chi connectivity index (χ1v) is 11.5. The summed E-state index contributed by atoms with van der Waals surface area (Å²) in [7, 11) is 1.82. The molecule has 2 aliphatic rings. The number of benzene rings is 1. The van der Waals surface area contributed by atoms with Gasteiger partial charge in [-0.25, -0.2) is 18.7 Å². The van der Waals surface area contributed by atoms with E-state index < -0.39 is 29.3 Å². The summed E-state index contributed by atoms with van der Waals surface area (Å²) in [6.45, 7) is 3.57. The van der Waals surface area contributed by atoms with Gasteiger partial charge in [-0.15, -0.1) is 0 Å². The molecule has 1 aromatic carbocycles. The topological polar surface area (TPSA) is 76.4 Å². The maximum absolute atomic E-state index is 14.0. The lowest BCUT2D eigenvalue weighted by atomic mass is 10.1. The Morgan fingerprint density at radius 1 is 1.06 bits per heavy atom. The summed E-state index contributed by atoms with van der Waals surface area (Å²) in [5.74, 6) is -3.36. The van der Waals surface area contributed by atoms with Crippen molar-refractivity contribution in [1.29, 1.82) is 0 Å². The van der Waals surface area contributed by atoms with Crippen LogP contribution < -0.4 is 9.64 Å².